The highest BCUT2D eigenvalue weighted by atomic mass is 16.6. The number of ether oxygens (including phenoxy) is 3. The quantitative estimate of drug-likeness (QED) is 0.0308. The number of fused-ring (bicyclic) bond motifs is 5. The average molecular weight is 702 g/mol. The molecule has 3 aromatic rings. The van der Waals surface area contributed by atoms with E-state index in [-0.39, 0.29) is 42.7 Å². The van der Waals surface area contributed by atoms with Crippen molar-refractivity contribution >= 4 is 28.8 Å². The molecular weight excluding hydrogens is 650 g/mol. The van der Waals surface area contributed by atoms with Gasteiger partial charge in [0.05, 0.1) is 48.5 Å². The Morgan fingerprint density at radius 1 is 0.980 bits per heavy atom. The number of esters is 3. The average Bonchev–Trinajstić information content (AvgIpc) is 3.49. The SMILES string of the molecule is CCCCCCCCCCCCC/C=C/C(CCON)OC(=O)CCC(=O)OC1C(=O)OCc2c1cc1n(c2=O)Cc2cc3ccccc3nc2-1. The lowest BCUT2D eigenvalue weighted by atomic mass is 10.00. The van der Waals surface area contributed by atoms with Crippen LogP contribution in [0.25, 0.3) is 22.3 Å². The summed E-state index contributed by atoms with van der Waals surface area (Å²) in [5.41, 5.74) is 3.04. The lowest BCUT2D eigenvalue weighted by Crippen LogP contribution is -2.34. The van der Waals surface area contributed by atoms with Crippen LogP contribution in [0.5, 0.6) is 0 Å². The van der Waals surface area contributed by atoms with Crippen LogP contribution >= 0.6 is 0 Å². The smallest absolute Gasteiger partial charge is 0.352 e. The molecule has 0 fully saturated rings. The van der Waals surface area contributed by atoms with Gasteiger partial charge in [-0.25, -0.2) is 15.7 Å². The lowest BCUT2D eigenvalue weighted by Gasteiger charge is -2.25. The van der Waals surface area contributed by atoms with Gasteiger partial charge in [-0.1, -0.05) is 95.4 Å². The van der Waals surface area contributed by atoms with Crippen LogP contribution in [0, 0.1) is 0 Å². The van der Waals surface area contributed by atoms with E-state index >= 15 is 0 Å². The van der Waals surface area contributed by atoms with E-state index in [0.717, 1.165) is 35.7 Å². The van der Waals surface area contributed by atoms with Gasteiger partial charge >= 0.3 is 17.9 Å². The van der Waals surface area contributed by atoms with Crippen LogP contribution in [-0.4, -0.2) is 40.2 Å². The van der Waals surface area contributed by atoms with E-state index < -0.39 is 30.1 Å². The zero-order valence-corrected chi connectivity index (χ0v) is 29.7. The maximum Gasteiger partial charge on any atom is 0.352 e. The molecule has 2 N–H and O–H groups in total. The number of carbonyl (C=O) groups is 3. The summed E-state index contributed by atoms with van der Waals surface area (Å²) in [6.45, 7) is 2.56. The number of cyclic esters (lactones) is 1. The van der Waals surface area contributed by atoms with Crippen LogP contribution in [0.3, 0.4) is 0 Å². The second-order valence-electron chi connectivity index (χ2n) is 13.5. The number of hydrogen-bond donors (Lipinski definition) is 1. The summed E-state index contributed by atoms with van der Waals surface area (Å²) in [5.74, 6) is 3.05. The van der Waals surface area contributed by atoms with Crippen molar-refractivity contribution in [1.29, 1.82) is 0 Å². The number of carbonyl (C=O) groups excluding carboxylic acids is 3. The van der Waals surface area contributed by atoms with Gasteiger partial charge in [-0.05, 0) is 37.1 Å². The van der Waals surface area contributed by atoms with Crippen molar-refractivity contribution in [2.75, 3.05) is 6.61 Å². The van der Waals surface area contributed by atoms with Gasteiger partial charge in [0, 0.05) is 22.9 Å². The van der Waals surface area contributed by atoms with Crippen molar-refractivity contribution in [2.45, 2.75) is 129 Å². The molecule has 1 aromatic carbocycles. The molecule has 11 nitrogen and oxygen atoms in total. The summed E-state index contributed by atoms with van der Waals surface area (Å²) in [7, 11) is 0. The highest BCUT2D eigenvalue weighted by molar-refractivity contribution is 5.86. The molecule has 0 amide bonds. The van der Waals surface area contributed by atoms with Gasteiger partial charge in [-0.3, -0.25) is 14.4 Å². The molecule has 0 saturated carbocycles. The number of aromatic nitrogens is 2. The highest BCUT2D eigenvalue weighted by Crippen LogP contribution is 2.36. The molecule has 5 rings (SSSR count). The third-order valence-electron chi connectivity index (χ3n) is 9.57. The molecule has 0 aliphatic carbocycles. The predicted octanol–water partition coefficient (Wildman–Crippen LogP) is 7.30. The summed E-state index contributed by atoms with van der Waals surface area (Å²) in [6.07, 6.45) is 16.6. The fraction of sp³-hybridized carbons (Fsp3) is 0.525. The van der Waals surface area contributed by atoms with E-state index in [2.05, 4.69) is 6.92 Å². The number of para-hydroxylation sites is 1. The van der Waals surface area contributed by atoms with Gasteiger partial charge in [0.25, 0.3) is 5.56 Å². The molecular formula is C40H51N3O8. The number of unbranched alkanes of at least 4 members (excludes halogenated alkanes) is 11. The molecule has 2 unspecified atom stereocenters. The van der Waals surface area contributed by atoms with E-state index in [0.29, 0.717) is 24.4 Å². The molecule has 0 bridgehead atoms. The highest BCUT2D eigenvalue weighted by Gasteiger charge is 2.37. The van der Waals surface area contributed by atoms with Gasteiger partial charge < -0.3 is 23.6 Å². The van der Waals surface area contributed by atoms with Crippen molar-refractivity contribution in [3.8, 4) is 11.4 Å². The van der Waals surface area contributed by atoms with E-state index in [1.165, 1.54) is 57.8 Å². The molecule has 2 aromatic heterocycles. The number of rotatable bonds is 21. The van der Waals surface area contributed by atoms with Crippen molar-refractivity contribution in [3.05, 3.63) is 75.6 Å². The Kier molecular flexibility index (Phi) is 14.3. The van der Waals surface area contributed by atoms with Gasteiger partial charge in [-0.2, -0.15) is 0 Å². The molecule has 2 aliphatic heterocycles. The summed E-state index contributed by atoms with van der Waals surface area (Å²) in [6, 6.07) is 11.4. The molecule has 0 radical (unpaired) electrons. The first kappa shape index (κ1) is 37.9. The third kappa shape index (κ3) is 10.4. The first-order valence-corrected chi connectivity index (χ1v) is 18.6. The molecule has 0 spiro atoms. The second-order valence-corrected chi connectivity index (χ2v) is 13.5. The summed E-state index contributed by atoms with van der Waals surface area (Å²) >= 11 is 0. The number of pyridine rings is 2. The normalized spacial score (nSPS) is 15.3. The van der Waals surface area contributed by atoms with Crippen LogP contribution in [0.1, 0.15) is 126 Å². The van der Waals surface area contributed by atoms with Crippen LogP contribution < -0.4 is 11.5 Å². The monoisotopic (exact) mass is 701 g/mol. The molecule has 2 aliphatic rings. The molecule has 4 heterocycles. The molecule has 274 valence electrons. The van der Waals surface area contributed by atoms with Gasteiger partial charge in [0.15, 0.2) is 0 Å². The Morgan fingerprint density at radius 2 is 1.69 bits per heavy atom. The number of allylic oxidation sites excluding steroid dienone is 1. The Morgan fingerprint density at radius 3 is 2.43 bits per heavy atom. The van der Waals surface area contributed by atoms with Gasteiger partial charge in [-0.15, -0.1) is 0 Å². The zero-order valence-electron chi connectivity index (χ0n) is 29.7. The fourth-order valence-corrected chi connectivity index (χ4v) is 6.75. The Labute approximate surface area is 299 Å². The summed E-state index contributed by atoms with van der Waals surface area (Å²) < 4.78 is 18.0. The molecule has 2 atom stereocenters. The largest absolute Gasteiger partial charge is 0.458 e. The topological polar surface area (TPSA) is 149 Å². The maximum atomic E-state index is 13.5. The van der Waals surface area contributed by atoms with Crippen LogP contribution in [0.15, 0.2) is 53.3 Å². The van der Waals surface area contributed by atoms with Crippen molar-refractivity contribution in [3.63, 3.8) is 0 Å². The fourth-order valence-electron chi connectivity index (χ4n) is 6.75. The molecule has 11 heteroatoms. The third-order valence-corrected chi connectivity index (χ3v) is 9.57. The standard InChI is InChI=1S/C40H51N3O8/c1-2-3-4-5-6-7-8-9-10-11-12-13-14-18-30(22-23-49-41)50-35(44)20-21-36(45)51-38-31-25-34-37-29(24-28-17-15-16-19-33(28)42-37)26-43(34)39(46)32(31)27-48-40(38)47/h14-19,24-25,30,38H,2-13,20-23,26-27,41H2,1H3/b18-14+. The Balaban J connectivity index is 1.10. The van der Waals surface area contributed by atoms with Crippen LogP contribution in [0.4, 0.5) is 0 Å². The number of nitrogens with two attached hydrogens (primary N) is 1. The van der Waals surface area contributed by atoms with E-state index in [4.69, 9.17) is 29.9 Å². The van der Waals surface area contributed by atoms with E-state index in [1.54, 1.807) is 10.6 Å². The minimum atomic E-state index is -1.44. The van der Waals surface area contributed by atoms with Crippen molar-refractivity contribution < 1.29 is 33.4 Å². The van der Waals surface area contributed by atoms with Crippen molar-refractivity contribution in [1.82, 2.24) is 9.55 Å². The second kappa shape index (κ2) is 19.3. The lowest BCUT2D eigenvalue weighted by molar-refractivity contribution is -0.172. The van der Waals surface area contributed by atoms with E-state index in [1.807, 2.05) is 42.5 Å². The Bertz CT molecular complexity index is 1750. The number of nitrogens with zero attached hydrogens (tertiary/aromatic N) is 2. The molecule has 0 saturated heterocycles. The number of hydrogen-bond acceptors (Lipinski definition) is 10. The summed E-state index contributed by atoms with van der Waals surface area (Å²) in [5, 5.41) is 0.959. The van der Waals surface area contributed by atoms with Gasteiger partial charge in [0.1, 0.15) is 12.7 Å². The number of benzene rings is 1. The van der Waals surface area contributed by atoms with Crippen LogP contribution in [-0.2, 0) is 46.6 Å². The molecule has 51 heavy (non-hydrogen) atoms. The Hall–Kier alpha value is -4.35. The zero-order chi connectivity index (χ0) is 36.0. The van der Waals surface area contributed by atoms with Crippen molar-refractivity contribution in [2.24, 2.45) is 5.90 Å². The van der Waals surface area contributed by atoms with Crippen LogP contribution in [0.2, 0.25) is 0 Å². The minimum absolute atomic E-state index is 0.200. The maximum absolute atomic E-state index is 13.5. The summed E-state index contributed by atoms with van der Waals surface area (Å²) in [4.78, 5) is 61.5. The predicted molar refractivity (Wildman–Crippen MR) is 193 cm³/mol. The first-order valence-electron chi connectivity index (χ1n) is 18.6. The van der Waals surface area contributed by atoms with Gasteiger partial charge in [0.2, 0.25) is 6.10 Å². The van der Waals surface area contributed by atoms with E-state index in [9.17, 15) is 19.2 Å². The minimum Gasteiger partial charge on any atom is -0.458 e. The first-order chi connectivity index (χ1) is 24.9.